The summed E-state index contributed by atoms with van der Waals surface area (Å²) in [6, 6.07) is 10.1. The lowest BCUT2D eigenvalue weighted by atomic mass is 10.2. The van der Waals surface area contributed by atoms with Crippen molar-refractivity contribution in [2.75, 3.05) is 6.54 Å². The molecule has 112 valence electrons. The van der Waals surface area contributed by atoms with Gasteiger partial charge in [0, 0.05) is 12.6 Å². The molecule has 0 unspecified atom stereocenters. The second kappa shape index (κ2) is 7.54. The highest BCUT2D eigenvalue weighted by molar-refractivity contribution is 5.77. The van der Waals surface area contributed by atoms with E-state index in [9.17, 15) is 4.79 Å². The molecule has 6 heteroatoms. The highest BCUT2D eigenvalue weighted by atomic mass is 16.1. The van der Waals surface area contributed by atoms with Crippen molar-refractivity contribution in [3.8, 4) is 0 Å². The van der Waals surface area contributed by atoms with Gasteiger partial charge in [0.25, 0.3) is 0 Å². The lowest BCUT2D eigenvalue weighted by Gasteiger charge is -2.10. The number of rotatable bonds is 7. The SMILES string of the molecule is CC(C)n1ncnc1CNCC(=O)NCc1ccccc1. The van der Waals surface area contributed by atoms with Crippen LogP contribution < -0.4 is 10.6 Å². The molecule has 0 aliphatic carbocycles. The molecule has 0 aliphatic rings. The van der Waals surface area contributed by atoms with Gasteiger partial charge in [-0.25, -0.2) is 9.67 Å². The summed E-state index contributed by atoms with van der Waals surface area (Å²) >= 11 is 0. The van der Waals surface area contributed by atoms with E-state index in [1.807, 2.05) is 48.9 Å². The minimum atomic E-state index is -0.0329. The second-order valence-electron chi connectivity index (χ2n) is 5.08. The number of nitrogens with zero attached hydrogens (tertiary/aromatic N) is 3. The Hall–Kier alpha value is -2.21. The molecule has 0 saturated carbocycles. The molecule has 2 N–H and O–H groups in total. The number of carbonyl (C=O) groups excluding carboxylic acids is 1. The Morgan fingerprint density at radius 2 is 2.00 bits per heavy atom. The van der Waals surface area contributed by atoms with Gasteiger partial charge in [-0.1, -0.05) is 30.3 Å². The highest BCUT2D eigenvalue weighted by Gasteiger charge is 2.07. The lowest BCUT2D eigenvalue weighted by molar-refractivity contribution is -0.120. The van der Waals surface area contributed by atoms with Crippen LogP contribution in [0.5, 0.6) is 0 Å². The zero-order chi connectivity index (χ0) is 15.1. The van der Waals surface area contributed by atoms with Crippen LogP contribution in [0.15, 0.2) is 36.7 Å². The Morgan fingerprint density at radius 1 is 1.24 bits per heavy atom. The molecule has 0 bridgehead atoms. The van der Waals surface area contributed by atoms with Crippen LogP contribution in [0.2, 0.25) is 0 Å². The number of carbonyl (C=O) groups is 1. The smallest absolute Gasteiger partial charge is 0.234 e. The summed E-state index contributed by atoms with van der Waals surface area (Å²) in [6.07, 6.45) is 1.53. The second-order valence-corrected chi connectivity index (χ2v) is 5.08. The normalized spacial score (nSPS) is 10.8. The minimum Gasteiger partial charge on any atom is -0.351 e. The molecule has 0 fully saturated rings. The number of amides is 1. The molecule has 1 aromatic heterocycles. The van der Waals surface area contributed by atoms with Gasteiger partial charge in [-0.2, -0.15) is 5.10 Å². The van der Waals surface area contributed by atoms with Crippen molar-refractivity contribution in [2.45, 2.75) is 33.0 Å². The molecule has 6 nitrogen and oxygen atoms in total. The van der Waals surface area contributed by atoms with Crippen LogP contribution in [0.25, 0.3) is 0 Å². The summed E-state index contributed by atoms with van der Waals surface area (Å²) in [5.74, 6) is 0.801. The first-order chi connectivity index (χ1) is 10.2. The van der Waals surface area contributed by atoms with Gasteiger partial charge in [-0.3, -0.25) is 4.79 Å². The van der Waals surface area contributed by atoms with Crippen LogP contribution in [-0.2, 0) is 17.9 Å². The zero-order valence-corrected chi connectivity index (χ0v) is 12.4. The Morgan fingerprint density at radius 3 is 2.71 bits per heavy atom. The molecule has 21 heavy (non-hydrogen) atoms. The molecule has 1 aromatic carbocycles. The van der Waals surface area contributed by atoms with E-state index in [0.29, 0.717) is 13.1 Å². The van der Waals surface area contributed by atoms with E-state index in [4.69, 9.17) is 0 Å². The van der Waals surface area contributed by atoms with Gasteiger partial charge in [0.1, 0.15) is 12.2 Å². The number of hydrogen-bond donors (Lipinski definition) is 2. The van der Waals surface area contributed by atoms with E-state index >= 15 is 0 Å². The Bertz CT molecular complexity index is 564. The van der Waals surface area contributed by atoms with Crippen LogP contribution in [0, 0.1) is 0 Å². The predicted molar refractivity (Wildman–Crippen MR) is 80.4 cm³/mol. The number of hydrogen-bond acceptors (Lipinski definition) is 4. The summed E-state index contributed by atoms with van der Waals surface area (Å²) in [4.78, 5) is 15.9. The number of nitrogens with one attached hydrogen (secondary N) is 2. The van der Waals surface area contributed by atoms with E-state index in [1.54, 1.807) is 0 Å². The monoisotopic (exact) mass is 287 g/mol. The highest BCUT2D eigenvalue weighted by Crippen LogP contribution is 2.04. The lowest BCUT2D eigenvalue weighted by Crippen LogP contribution is -2.33. The maximum absolute atomic E-state index is 11.7. The molecule has 1 amide bonds. The molecular weight excluding hydrogens is 266 g/mol. The van der Waals surface area contributed by atoms with E-state index in [1.165, 1.54) is 6.33 Å². The van der Waals surface area contributed by atoms with Gasteiger partial charge in [-0.15, -0.1) is 0 Å². The molecular formula is C15H21N5O. The van der Waals surface area contributed by atoms with Crippen molar-refractivity contribution in [1.29, 1.82) is 0 Å². The number of benzene rings is 1. The predicted octanol–water partition coefficient (Wildman–Crippen LogP) is 1.26. The molecule has 2 rings (SSSR count). The summed E-state index contributed by atoms with van der Waals surface area (Å²) < 4.78 is 1.84. The summed E-state index contributed by atoms with van der Waals surface area (Å²) in [5.41, 5.74) is 1.09. The van der Waals surface area contributed by atoms with Gasteiger partial charge in [0.2, 0.25) is 5.91 Å². The van der Waals surface area contributed by atoms with Crippen LogP contribution in [0.1, 0.15) is 31.3 Å². The van der Waals surface area contributed by atoms with E-state index in [0.717, 1.165) is 11.4 Å². The molecule has 0 spiro atoms. The Balaban J connectivity index is 1.71. The maximum atomic E-state index is 11.7. The molecule has 0 aliphatic heterocycles. The first-order valence-corrected chi connectivity index (χ1v) is 7.06. The third kappa shape index (κ3) is 4.68. The summed E-state index contributed by atoms with van der Waals surface area (Å²) in [6.45, 7) is 5.42. The van der Waals surface area contributed by atoms with Gasteiger partial charge < -0.3 is 10.6 Å². The first-order valence-electron chi connectivity index (χ1n) is 7.06. The van der Waals surface area contributed by atoms with Crippen molar-refractivity contribution in [3.63, 3.8) is 0 Å². The molecule has 0 saturated heterocycles. The fourth-order valence-electron chi connectivity index (χ4n) is 1.98. The van der Waals surface area contributed by atoms with Crippen molar-refractivity contribution in [1.82, 2.24) is 25.4 Å². The van der Waals surface area contributed by atoms with E-state index in [-0.39, 0.29) is 18.5 Å². The summed E-state index contributed by atoms with van der Waals surface area (Å²) in [7, 11) is 0. The Labute approximate surface area is 124 Å². The minimum absolute atomic E-state index is 0.0329. The quantitative estimate of drug-likeness (QED) is 0.804. The van der Waals surface area contributed by atoms with Crippen LogP contribution >= 0.6 is 0 Å². The van der Waals surface area contributed by atoms with Crippen molar-refractivity contribution >= 4 is 5.91 Å². The maximum Gasteiger partial charge on any atom is 0.234 e. The number of aromatic nitrogens is 3. The Kier molecular flexibility index (Phi) is 5.45. The molecule has 0 radical (unpaired) electrons. The average molecular weight is 287 g/mol. The van der Waals surface area contributed by atoms with Crippen molar-refractivity contribution in [3.05, 3.63) is 48.0 Å². The van der Waals surface area contributed by atoms with Crippen LogP contribution in [0.3, 0.4) is 0 Å². The van der Waals surface area contributed by atoms with Gasteiger partial charge in [0.15, 0.2) is 0 Å². The average Bonchev–Trinajstić information content (AvgIpc) is 2.95. The van der Waals surface area contributed by atoms with Crippen LogP contribution in [0.4, 0.5) is 0 Å². The third-order valence-corrected chi connectivity index (χ3v) is 3.04. The van der Waals surface area contributed by atoms with Crippen molar-refractivity contribution in [2.24, 2.45) is 0 Å². The molecule has 1 heterocycles. The first kappa shape index (κ1) is 15.2. The van der Waals surface area contributed by atoms with Gasteiger partial charge in [0.05, 0.1) is 13.1 Å². The molecule has 0 atom stereocenters. The van der Waals surface area contributed by atoms with Gasteiger partial charge >= 0.3 is 0 Å². The van der Waals surface area contributed by atoms with Crippen molar-refractivity contribution < 1.29 is 4.79 Å². The standard InChI is InChI=1S/C15H21N5O/c1-12(2)20-14(18-11-19-20)9-16-10-15(21)17-8-13-6-4-3-5-7-13/h3-7,11-12,16H,8-10H2,1-2H3,(H,17,21). The fraction of sp³-hybridized carbons (Fsp3) is 0.400. The topological polar surface area (TPSA) is 71.8 Å². The van der Waals surface area contributed by atoms with E-state index < -0.39 is 0 Å². The van der Waals surface area contributed by atoms with E-state index in [2.05, 4.69) is 20.7 Å². The van der Waals surface area contributed by atoms with Gasteiger partial charge in [-0.05, 0) is 19.4 Å². The zero-order valence-electron chi connectivity index (χ0n) is 12.4. The third-order valence-electron chi connectivity index (χ3n) is 3.04. The van der Waals surface area contributed by atoms with Crippen LogP contribution in [-0.4, -0.2) is 27.2 Å². The largest absolute Gasteiger partial charge is 0.351 e. The fourth-order valence-corrected chi connectivity index (χ4v) is 1.98. The molecule has 2 aromatic rings. The summed E-state index contributed by atoms with van der Waals surface area (Å²) in [5, 5.41) is 10.1.